The molecule has 0 atom stereocenters. The van der Waals surface area contributed by atoms with E-state index in [9.17, 15) is 0 Å². The van der Waals surface area contributed by atoms with Gasteiger partial charge in [-0.15, -0.1) is 0 Å². The fraction of sp³-hybridized carbons (Fsp3) is 0.182. The van der Waals surface area contributed by atoms with E-state index in [0.29, 0.717) is 0 Å². The van der Waals surface area contributed by atoms with Crippen molar-refractivity contribution in [3.63, 3.8) is 0 Å². The fourth-order valence-corrected chi connectivity index (χ4v) is 3.73. The Kier molecular flexibility index (Phi) is 3.82. The minimum absolute atomic E-state index is 0.802. The Bertz CT molecular complexity index is 946. The minimum Gasteiger partial charge on any atom is -0.462 e. The molecule has 0 N–H and O–H groups in total. The largest absolute Gasteiger partial charge is 0.462 e. The third kappa shape index (κ3) is 2.50. The lowest BCUT2D eigenvalue weighted by molar-refractivity contribution is 0.521. The molecule has 0 unspecified atom stereocenters. The van der Waals surface area contributed by atoms with E-state index in [1.165, 1.54) is 27.8 Å². The Labute approximate surface area is 147 Å². The molecule has 0 spiro atoms. The van der Waals surface area contributed by atoms with E-state index in [1.54, 1.807) is 0 Å². The molecule has 3 aromatic rings. The van der Waals surface area contributed by atoms with Gasteiger partial charge in [0, 0.05) is 17.0 Å². The molecule has 0 saturated carbocycles. The average molecular weight is 335 g/mol. The summed E-state index contributed by atoms with van der Waals surface area (Å²) in [5, 5.41) is 0.802. The lowest BCUT2D eigenvalue weighted by Gasteiger charge is -2.14. The highest BCUT2D eigenvalue weighted by atomic mass is 35.5. The van der Waals surface area contributed by atoms with Crippen LogP contribution >= 0.6 is 11.6 Å². The number of furan rings is 1. The van der Waals surface area contributed by atoms with Crippen molar-refractivity contribution in [2.75, 3.05) is 0 Å². The summed E-state index contributed by atoms with van der Waals surface area (Å²) >= 11 is 6.51. The minimum atomic E-state index is 0.802. The molecule has 1 heterocycles. The second-order valence-electron chi connectivity index (χ2n) is 6.26. The Hall–Kier alpha value is -2.25. The smallest absolute Gasteiger partial charge is 0.130 e. The van der Waals surface area contributed by atoms with Gasteiger partial charge in [-0.2, -0.15) is 0 Å². The van der Waals surface area contributed by atoms with Gasteiger partial charge in [0.15, 0.2) is 0 Å². The van der Waals surface area contributed by atoms with Gasteiger partial charge in [0.1, 0.15) is 11.5 Å². The van der Waals surface area contributed by atoms with Crippen molar-refractivity contribution in [2.45, 2.75) is 26.7 Å². The second-order valence-corrected chi connectivity index (χ2v) is 6.67. The predicted octanol–water partition coefficient (Wildman–Crippen LogP) is 6.57. The number of hydrogen-bond donors (Lipinski definition) is 0. The summed E-state index contributed by atoms with van der Waals surface area (Å²) in [5.41, 5.74) is 7.56. The summed E-state index contributed by atoms with van der Waals surface area (Å²) in [7, 11) is 0. The first-order valence-corrected chi connectivity index (χ1v) is 8.72. The van der Waals surface area contributed by atoms with Crippen molar-refractivity contribution in [3.8, 4) is 11.1 Å². The van der Waals surface area contributed by atoms with Gasteiger partial charge in [-0.3, -0.25) is 0 Å². The van der Waals surface area contributed by atoms with Crippen LogP contribution in [0.1, 0.15) is 35.1 Å². The number of allylic oxidation sites excluding steroid dienone is 1. The van der Waals surface area contributed by atoms with Gasteiger partial charge in [0.05, 0.1) is 0 Å². The Morgan fingerprint density at radius 2 is 1.88 bits per heavy atom. The molecule has 0 aliphatic heterocycles. The van der Waals surface area contributed by atoms with Gasteiger partial charge < -0.3 is 4.42 Å². The van der Waals surface area contributed by atoms with Crippen molar-refractivity contribution in [1.82, 2.24) is 0 Å². The maximum atomic E-state index is 6.51. The van der Waals surface area contributed by atoms with Crippen LogP contribution in [-0.4, -0.2) is 0 Å². The molecule has 1 aliphatic rings. The van der Waals surface area contributed by atoms with Crippen LogP contribution in [0, 0.1) is 6.92 Å². The standard InChI is InChI=1S/C22H19ClO/c1-3-15-9-10-16-12-17(21-11-8-14(2)24-21)13-19(16)22(15)18-6-4-5-7-20(18)23/h4-11,13H,3,12H2,1-2H3. The summed E-state index contributed by atoms with van der Waals surface area (Å²) in [4.78, 5) is 0. The first kappa shape index (κ1) is 15.3. The van der Waals surface area contributed by atoms with Crippen LogP contribution in [0.4, 0.5) is 0 Å². The molecule has 0 bridgehead atoms. The van der Waals surface area contributed by atoms with Gasteiger partial charge >= 0.3 is 0 Å². The topological polar surface area (TPSA) is 13.1 Å². The van der Waals surface area contributed by atoms with Crippen LogP contribution < -0.4 is 0 Å². The number of halogens is 1. The number of benzene rings is 2. The molecular weight excluding hydrogens is 316 g/mol. The second kappa shape index (κ2) is 5.99. The van der Waals surface area contributed by atoms with Crippen molar-refractivity contribution in [2.24, 2.45) is 0 Å². The van der Waals surface area contributed by atoms with Crippen LogP contribution in [0.2, 0.25) is 5.02 Å². The Morgan fingerprint density at radius 1 is 1.04 bits per heavy atom. The van der Waals surface area contributed by atoms with Crippen LogP contribution in [0.5, 0.6) is 0 Å². The van der Waals surface area contributed by atoms with Gasteiger partial charge in [-0.25, -0.2) is 0 Å². The van der Waals surface area contributed by atoms with Crippen molar-refractivity contribution < 1.29 is 4.42 Å². The van der Waals surface area contributed by atoms with Crippen molar-refractivity contribution >= 4 is 23.3 Å². The number of rotatable bonds is 3. The molecule has 0 saturated heterocycles. The van der Waals surface area contributed by atoms with E-state index in [1.807, 2.05) is 25.1 Å². The molecule has 24 heavy (non-hydrogen) atoms. The summed E-state index contributed by atoms with van der Waals surface area (Å²) in [5.74, 6) is 1.91. The van der Waals surface area contributed by atoms with Gasteiger partial charge in [0.2, 0.25) is 0 Å². The van der Waals surface area contributed by atoms with Gasteiger partial charge in [-0.05, 0) is 65.4 Å². The van der Waals surface area contributed by atoms with E-state index < -0.39 is 0 Å². The van der Waals surface area contributed by atoms with Gasteiger partial charge in [0.25, 0.3) is 0 Å². The molecule has 1 nitrogen and oxygen atoms in total. The maximum absolute atomic E-state index is 6.51. The predicted molar refractivity (Wildman–Crippen MR) is 101 cm³/mol. The van der Waals surface area contributed by atoms with Crippen molar-refractivity contribution in [3.05, 3.63) is 81.8 Å². The van der Waals surface area contributed by atoms with Crippen LogP contribution in [0.3, 0.4) is 0 Å². The van der Waals surface area contributed by atoms with E-state index in [-0.39, 0.29) is 0 Å². The third-order valence-corrected chi connectivity index (χ3v) is 5.03. The lowest BCUT2D eigenvalue weighted by Crippen LogP contribution is -1.94. The fourth-order valence-electron chi connectivity index (χ4n) is 3.50. The first-order valence-electron chi connectivity index (χ1n) is 8.34. The Morgan fingerprint density at radius 3 is 2.58 bits per heavy atom. The van der Waals surface area contributed by atoms with Gasteiger partial charge in [-0.1, -0.05) is 48.9 Å². The SMILES string of the molecule is CCc1ccc2c(c1-c1ccccc1Cl)C=C(c1ccc(C)o1)C2. The number of hydrogen-bond acceptors (Lipinski definition) is 1. The molecule has 2 aromatic carbocycles. The van der Waals surface area contributed by atoms with Crippen LogP contribution in [0.15, 0.2) is 52.9 Å². The molecule has 2 heteroatoms. The summed E-state index contributed by atoms with van der Waals surface area (Å²) in [6, 6.07) is 16.7. The van der Waals surface area contributed by atoms with Crippen LogP contribution in [0.25, 0.3) is 22.8 Å². The van der Waals surface area contributed by atoms with E-state index >= 15 is 0 Å². The molecular formula is C22H19ClO. The third-order valence-electron chi connectivity index (χ3n) is 4.70. The van der Waals surface area contributed by atoms with E-state index in [2.05, 4.69) is 43.3 Å². The van der Waals surface area contributed by atoms with E-state index in [4.69, 9.17) is 16.0 Å². The molecule has 1 aliphatic carbocycles. The highest BCUT2D eigenvalue weighted by Gasteiger charge is 2.22. The number of fused-ring (bicyclic) bond motifs is 1. The molecule has 4 rings (SSSR count). The summed E-state index contributed by atoms with van der Waals surface area (Å²) in [6.45, 7) is 4.17. The molecule has 0 radical (unpaired) electrons. The molecule has 0 fully saturated rings. The zero-order chi connectivity index (χ0) is 16.7. The monoisotopic (exact) mass is 334 g/mol. The number of aryl methyl sites for hydroxylation is 2. The summed E-state index contributed by atoms with van der Waals surface area (Å²) in [6.07, 6.45) is 4.16. The molecule has 1 aromatic heterocycles. The summed E-state index contributed by atoms with van der Waals surface area (Å²) < 4.78 is 5.83. The maximum Gasteiger partial charge on any atom is 0.130 e. The Balaban J connectivity index is 1.91. The van der Waals surface area contributed by atoms with Crippen LogP contribution in [-0.2, 0) is 12.8 Å². The molecule has 120 valence electrons. The average Bonchev–Trinajstić information content (AvgIpc) is 3.20. The highest BCUT2D eigenvalue weighted by molar-refractivity contribution is 6.33. The zero-order valence-electron chi connectivity index (χ0n) is 13.9. The normalized spacial score (nSPS) is 13.0. The lowest BCUT2D eigenvalue weighted by atomic mass is 9.91. The quantitative estimate of drug-likeness (QED) is 0.528. The molecule has 0 amide bonds. The van der Waals surface area contributed by atoms with Crippen molar-refractivity contribution in [1.29, 1.82) is 0 Å². The highest BCUT2D eigenvalue weighted by Crippen LogP contribution is 2.42. The first-order chi connectivity index (χ1) is 11.7. The van der Waals surface area contributed by atoms with E-state index in [0.717, 1.165) is 34.9 Å². The zero-order valence-corrected chi connectivity index (χ0v) is 14.7.